The first-order valence-corrected chi connectivity index (χ1v) is 6.41. The molecule has 1 saturated carbocycles. The van der Waals surface area contributed by atoms with Gasteiger partial charge in [-0.1, -0.05) is 18.2 Å². The molecular weight excluding hydrogens is 244 g/mol. The fourth-order valence-electron chi connectivity index (χ4n) is 2.69. The van der Waals surface area contributed by atoms with Gasteiger partial charge in [-0.05, 0) is 25.3 Å². The molecule has 98 valence electrons. The zero-order valence-electron chi connectivity index (χ0n) is 10.5. The SMILES string of the molecule is O=C=NC1(c2ccccc2N2OCCC2=O)CCC1. The van der Waals surface area contributed by atoms with E-state index in [0.717, 1.165) is 24.8 Å². The standard InChI is InChI=1S/C14H14N2O3/c17-10-15-14(7-3-8-14)11-4-1-2-5-12(11)16-13(18)6-9-19-16/h1-2,4-5H,3,6-9H2. The first-order valence-electron chi connectivity index (χ1n) is 6.41. The van der Waals surface area contributed by atoms with Crippen LogP contribution < -0.4 is 5.06 Å². The number of para-hydroxylation sites is 1. The first-order chi connectivity index (χ1) is 9.27. The quantitative estimate of drug-likeness (QED) is 0.616. The van der Waals surface area contributed by atoms with Crippen LogP contribution in [0.2, 0.25) is 0 Å². The van der Waals surface area contributed by atoms with E-state index in [4.69, 9.17) is 4.84 Å². The topological polar surface area (TPSA) is 59.0 Å². The number of isocyanates is 1. The number of hydrogen-bond donors (Lipinski definition) is 0. The molecule has 2 fully saturated rings. The Kier molecular flexibility index (Phi) is 2.93. The van der Waals surface area contributed by atoms with Crippen molar-refractivity contribution in [2.75, 3.05) is 11.7 Å². The summed E-state index contributed by atoms with van der Waals surface area (Å²) in [5, 5.41) is 1.33. The maximum atomic E-state index is 11.8. The third-order valence-electron chi connectivity index (χ3n) is 3.83. The number of carbonyl (C=O) groups is 1. The Labute approximate surface area is 110 Å². The molecule has 1 heterocycles. The lowest BCUT2D eigenvalue weighted by Crippen LogP contribution is -2.35. The van der Waals surface area contributed by atoms with Gasteiger partial charge in [0, 0.05) is 5.56 Å². The molecule has 1 aromatic carbocycles. The van der Waals surface area contributed by atoms with E-state index in [9.17, 15) is 9.59 Å². The summed E-state index contributed by atoms with van der Waals surface area (Å²) in [4.78, 5) is 31.9. The van der Waals surface area contributed by atoms with Crippen molar-refractivity contribution in [2.45, 2.75) is 31.2 Å². The number of hydrogen-bond acceptors (Lipinski definition) is 4. The number of rotatable bonds is 3. The Balaban J connectivity index is 2.06. The lowest BCUT2D eigenvalue weighted by atomic mass is 9.72. The minimum absolute atomic E-state index is 0.0583. The van der Waals surface area contributed by atoms with Crippen molar-refractivity contribution in [1.82, 2.24) is 0 Å². The van der Waals surface area contributed by atoms with Crippen molar-refractivity contribution in [3.05, 3.63) is 29.8 Å². The highest BCUT2D eigenvalue weighted by molar-refractivity contribution is 5.93. The van der Waals surface area contributed by atoms with Crippen molar-refractivity contribution in [2.24, 2.45) is 4.99 Å². The number of aliphatic imine (C=N–C) groups is 1. The van der Waals surface area contributed by atoms with Crippen LogP contribution in [0.4, 0.5) is 5.69 Å². The van der Waals surface area contributed by atoms with E-state index in [1.54, 1.807) is 6.08 Å². The largest absolute Gasteiger partial charge is 0.272 e. The summed E-state index contributed by atoms with van der Waals surface area (Å²) in [6.45, 7) is 0.400. The second-order valence-corrected chi connectivity index (χ2v) is 4.88. The van der Waals surface area contributed by atoms with E-state index in [1.165, 1.54) is 5.06 Å². The summed E-state index contributed by atoms with van der Waals surface area (Å²) in [7, 11) is 0. The molecule has 0 bridgehead atoms. The number of anilines is 1. The number of hydroxylamine groups is 1. The number of nitrogens with zero attached hydrogens (tertiary/aromatic N) is 2. The van der Waals surface area contributed by atoms with E-state index in [0.29, 0.717) is 18.7 Å². The summed E-state index contributed by atoms with van der Waals surface area (Å²) >= 11 is 0. The Morgan fingerprint density at radius 2 is 2.11 bits per heavy atom. The average molecular weight is 258 g/mol. The van der Waals surface area contributed by atoms with Crippen LogP contribution in [0.15, 0.2) is 29.3 Å². The van der Waals surface area contributed by atoms with E-state index < -0.39 is 5.54 Å². The van der Waals surface area contributed by atoms with Gasteiger partial charge in [0.1, 0.15) is 5.54 Å². The predicted octanol–water partition coefficient (Wildman–Crippen LogP) is 2.07. The molecule has 0 radical (unpaired) electrons. The third kappa shape index (κ3) is 1.87. The average Bonchev–Trinajstić information content (AvgIpc) is 2.80. The number of amides is 1. The van der Waals surface area contributed by atoms with Crippen LogP contribution in [0.25, 0.3) is 0 Å². The molecule has 19 heavy (non-hydrogen) atoms. The minimum atomic E-state index is -0.523. The Morgan fingerprint density at radius 1 is 1.32 bits per heavy atom. The maximum absolute atomic E-state index is 11.8. The van der Waals surface area contributed by atoms with Crippen molar-refractivity contribution >= 4 is 17.7 Å². The van der Waals surface area contributed by atoms with Crippen LogP contribution in [0.3, 0.4) is 0 Å². The van der Waals surface area contributed by atoms with Crippen LogP contribution in [-0.2, 0) is 20.0 Å². The zero-order chi connectivity index (χ0) is 13.3. The summed E-state index contributed by atoms with van der Waals surface area (Å²) < 4.78 is 0. The molecule has 0 N–H and O–H groups in total. The van der Waals surface area contributed by atoms with Gasteiger partial charge in [0.15, 0.2) is 0 Å². The van der Waals surface area contributed by atoms with E-state index in [2.05, 4.69) is 4.99 Å². The van der Waals surface area contributed by atoms with Crippen molar-refractivity contribution in [3.63, 3.8) is 0 Å². The molecule has 1 aromatic rings. The fraction of sp³-hybridized carbons (Fsp3) is 0.429. The molecular formula is C14H14N2O3. The van der Waals surface area contributed by atoms with Crippen LogP contribution >= 0.6 is 0 Å². The van der Waals surface area contributed by atoms with Gasteiger partial charge in [-0.15, -0.1) is 0 Å². The summed E-state index contributed by atoms with van der Waals surface area (Å²) in [6, 6.07) is 7.48. The van der Waals surface area contributed by atoms with Crippen LogP contribution in [0.5, 0.6) is 0 Å². The van der Waals surface area contributed by atoms with Crippen molar-refractivity contribution in [1.29, 1.82) is 0 Å². The van der Waals surface area contributed by atoms with Gasteiger partial charge in [0.2, 0.25) is 6.08 Å². The van der Waals surface area contributed by atoms with Crippen LogP contribution in [0.1, 0.15) is 31.2 Å². The minimum Gasteiger partial charge on any atom is -0.272 e. The highest BCUT2D eigenvalue weighted by atomic mass is 16.7. The molecule has 0 spiro atoms. The lowest BCUT2D eigenvalue weighted by Gasteiger charge is -2.39. The molecule has 1 aliphatic heterocycles. The molecule has 2 aliphatic rings. The lowest BCUT2D eigenvalue weighted by molar-refractivity contribution is -0.119. The van der Waals surface area contributed by atoms with Gasteiger partial charge >= 0.3 is 0 Å². The Morgan fingerprint density at radius 3 is 2.68 bits per heavy atom. The molecule has 1 amide bonds. The normalized spacial score (nSPS) is 20.8. The first kappa shape index (κ1) is 12.1. The molecule has 0 aromatic heterocycles. The maximum Gasteiger partial charge on any atom is 0.253 e. The highest BCUT2D eigenvalue weighted by Crippen LogP contribution is 2.48. The van der Waals surface area contributed by atoms with E-state index >= 15 is 0 Å². The van der Waals surface area contributed by atoms with Gasteiger partial charge in [-0.25, -0.2) is 4.79 Å². The summed E-state index contributed by atoms with van der Waals surface area (Å²) in [5.74, 6) is -0.0583. The number of carbonyl (C=O) groups excluding carboxylic acids is 2. The molecule has 3 rings (SSSR count). The van der Waals surface area contributed by atoms with E-state index in [1.807, 2.05) is 24.3 Å². The molecule has 5 nitrogen and oxygen atoms in total. The Hall–Kier alpha value is -1.97. The molecule has 0 atom stereocenters. The smallest absolute Gasteiger partial charge is 0.253 e. The molecule has 1 aliphatic carbocycles. The van der Waals surface area contributed by atoms with Crippen LogP contribution in [-0.4, -0.2) is 18.6 Å². The Bertz CT molecular complexity index is 560. The second kappa shape index (κ2) is 4.61. The third-order valence-corrected chi connectivity index (χ3v) is 3.83. The van der Waals surface area contributed by atoms with Gasteiger partial charge < -0.3 is 0 Å². The zero-order valence-corrected chi connectivity index (χ0v) is 10.5. The summed E-state index contributed by atoms with van der Waals surface area (Å²) in [6.07, 6.45) is 4.69. The van der Waals surface area contributed by atoms with E-state index in [-0.39, 0.29) is 5.91 Å². The molecule has 5 heteroatoms. The predicted molar refractivity (Wildman–Crippen MR) is 68.1 cm³/mol. The summed E-state index contributed by atoms with van der Waals surface area (Å²) in [5.41, 5.74) is 1.05. The van der Waals surface area contributed by atoms with Gasteiger partial charge in [0.05, 0.1) is 18.7 Å². The second-order valence-electron chi connectivity index (χ2n) is 4.88. The van der Waals surface area contributed by atoms with Crippen LogP contribution in [0, 0.1) is 0 Å². The van der Waals surface area contributed by atoms with Gasteiger partial charge in [-0.3, -0.25) is 9.63 Å². The molecule has 0 unspecified atom stereocenters. The van der Waals surface area contributed by atoms with Crippen molar-refractivity contribution in [3.8, 4) is 0 Å². The number of benzene rings is 1. The van der Waals surface area contributed by atoms with Crippen molar-refractivity contribution < 1.29 is 14.4 Å². The monoisotopic (exact) mass is 258 g/mol. The highest BCUT2D eigenvalue weighted by Gasteiger charge is 2.42. The molecule has 1 saturated heterocycles. The van der Waals surface area contributed by atoms with Gasteiger partial charge in [-0.2, -0.15) is 10.1 Å². The fourth-order valence-corrected chi connectivity index (χ4v) is 2.69. The van der Waals surface area contributed by atoms with Gasteiger partial charge in [0.25, 0.3) is 5.91 Å².